The molecular formula is C11H13N5O5. The molecule has 21 heavy (non-hydrogen) atoms. The van der Waals surface area contributed by atoms with E-state index < -0.39 is 11.5 Å². The zero-order valence-electron chi connectivity index (χ0n) is 11.4. The normalized spacial score (nSPS) is 10.4. The molecular weight excluding hydrogens is 282 g/mol. The first-order chi connectivity index (χ1) is 10.0. The van der Waals surface area contributed by atoms with Gasteiger partial charge in [-0.15, -0.1) is 10.2 Å². The van der Waals surface area contributed by atoms with Gasteiger partial charge in [0.1, 0.15) is 0 Å². The Balaban J connectivity index is 2.28. The zero-order chi connectivity index (χ0) is 15.4. The summed E-state index contributed by atoms with van der Waals surface area (Å²) in [6.07, 6.45) is 0. The third-order valence-electron chi connectivity index (χ3n) is 2.64. The fraction of sp³-hybridized carbons (Fsp3) is 0.364. The SMILES string of the molecule is COc1cc(CO)c([N+](=O)[O-])cc1OCc1nnn(C)n1. The number of benzene rings is 1. The topological polar surface area (TPSA) is 125 Å². The summed E-state index contributed by atoms with van der Waals surface area (Å²) in [4.78, 5) is 11.6. The second-order valence-electron chi connectivity index (χ2n) is 4.03. The molecule has 0 aliphatic rings. The van der Waals surface area contributed by atoms with Gasteiger partial charge < -0.3 is 14.6 Å². The van der Waals surface area contributed by atoms with Crippen molar-refractivity contribution in [3.63, 3.8) is 0 Å². The molecule has 0 fully saturated rings. The second kappa shape index (κ2) is 6.13. The average Bonchev–Trinajstić information content (AvgIpc) is 2.89. The van der Waals surface area contributed by atoms with E-state index in [0.717, 1.165) is 0 Å². The van der Waals surface area contributed by atoms with Gasteiger partial charge in [0.15, 0.2) is 18.1 Å². The smallest absolute Gasteiger partial charge is 0.278 e. The van der Waals surface area contributed by atoms with Crippen molar-refractivity contribution in [2.75, 3.05) is 7.11 Å². The van der Waals surface area contributed by atoms with Crippen molar-refractivity contribution in [1.29, 1.82) is 0 Å². The Labute approximate surface area is 119 Å². The Morgan fingerprint density at radius 3 is 2.71 bits per heavy atom. The molecule has 1 N–H and O–H groups in total. The standard InChI is InChI=1S/C11H13N5O5/c1-15-13-11(12-14-15)6-21-10-4-8(16(18)19)7(5-17)3-9(10)20-2/h3-4,17H,5-6H2,1-2H3. The first kappa shape index (κ1) is 14.7. The summed E-state index contributed by atoms with van der Waals surface area (Å²) in [5.41, 5.74) is -0.109. The Hall–Kier alpha value is -2.75. The molecule has 0 saturated carbocycles. The number of nitro groups is 1. The summed E-state index contributed by atoms with van der Waals surface area (Å²) in [5, 5.41) is 31.4. The monoisotopic (exact) mass is 295 g/mol. The largest absolute Gasteiger partial charge is 0.493 e. The number of aryl methyl sites for hydroxylation is 1. The van der Waals surface area contributed by atoms with E-state index in [9.17, 15) is 10.1 Å². The third kappa shape index (κ3) is 3.23. The number of aliphatic hydroxyl groups excluding tert-OH is 1. The summed E-state index contributed by atoms with van der Waals surface area (Å²) in [6, 6.07) is 2.55. The zero-order valence-corrected chi connectivity index (χ0v) is 11.4. The van der Waals surface area contributed by atoms with Crippen molar-refractivity contribution >= 4 is 5.69 Å². The Bertz CT molecular complexity index is 656. The van der Waals surface area contributed by atoms with E-state index in [4.69, 9.17) is 14.6 Å². The Kier molecular flexibility index (Phi) is 4.28. The quantitative estimate of drug-likeness (QED) is 0.591. The molecule has 0 unspecified atom stereocenters. The molecule has 0 saturated heterocycles. The van der Waals surface area contributed by atoms with E-state index in [1.54, 1.807) is 7.05 Å². The number of tetrazole rings is 1. The van der Waals surface area contributed by atoms with Crippen LogP contribution in [-0.2, 0) is 20.3 Å². The number of rotatable bonds is 6. The highest BCUT2D eigenvalue weighted by Gasteiger charge is 2.19. The molecule has 2 aromatic rings. The summed E-state index contributed by atoms with van der Waals surface area (Å²) in [5.74, 6) is 0.760. The first-order valence-corrected chi connectivity index (χ1v) is 5.87. The van der Waals surface area contributed by atoms with Gasteiger partial charge in [0.2, 0.25) is 5.82 Å². The van der Waals surface area contributed by atoms with E-state index in [0.29, 0.717) is 5.82 Å². The summed E-state index contributed by atoms with van der Waals surface area (Å²) in [6.45, 7) is -0.488. The first-order valence-electron chi connectivity index (χ1n) is 5.87. The number of methoxy groups -OCH3 is 1. The fourth-order valence-corrected chi connectivity index (χ4v) is 1.68. The van der Waals surface area contributed by atoms with Crippen molar-refractivity contribution in [2.24, 2.45) is 7.05 Å². The van der Waals surface area contributed by atoms with E-state index in [2.05, 4.69) is 15.4 Å². The van der Waals surface area contributed by atoms with Crippen molar-refractivity contribution in [2.45, 2.75) is 13.2 Å². The summed E-state index contributed by atoms with van der Waals surface area (Å²) in [7, 11) is 3.01. The van der Waals surface area contributed by atoms with E-state index in [-0.39, 0.29) is 29.4 Å². The maximum Gasteiger partial charge on any atom is 0.278 e. The van der Waals surface area contributed by atoms with E-state index >= 15 is 0 Å². The Morgan fingerprint density at radius 2 is 2.19 bits per heavy atom. The van der Waals surface area contributed by atoms with Crippen LogP contribution in [0, 0.1) is 10.1 Å². The molecule has 2 rings (SSSR count). The van der Waals surface area contributed by atoms with Crippen LogP contribution in [0.1, 0.15) is 11.4 Å². The molecule has 0 bridgehead atoms. The van der Waals surface area contributed by atoms with Crippen LogP contribution >= 0.6 is 0 Å². The molecule has 0 aliphatic heterocycles. The third-order valence-corrected chi connectivity index (χ3v) is 2.64. The van der Waals surface area contributed by atoms with Gasteiger partial charge in [0.05, 0.1) is 37.3 Å². The highest BCUT2D eigenvalue weighted by molar-refractivity contribution is 5.54. The van der Waals surface area contributed by atoms with E-state index in [1.165, 1.54) is 24.0 Å². The number of hydrogen-bond donors (Lipinski definition) is 1. The predicted octanol–water partition coefficient (Wildman–Crippen LogP) is 0.198. The maximum absolute atomic E-state index is 11.0. The molecule has 0 spiro atoms. The van der Waals surface area contributed by atoms with E-state index in [1.807, 2.05) is 0 Å². The van der Waals surface area contributed by atoms with Crippen LogP contribution in [0.25, 0.3) is 0 Å². The van der Waals surface area contributed by atoms with Crippen LogP contribution in [0.4, 0.5) is 5.69 Å². The fourth-order valence-electron chi connectivity index (χ4n) is 1.68. The lowest BCUT2D eigenvalue weighted by Gasteiger charge is -2.11. The summed E-state index contributed by atoms with van der Waals surface area (Å²) < 4.78 is 10.5. The van der Waals surface area contributed by atoms with Crippen molar-refractivity contribution in [1.82, 2.24) is 20.2 Å². The number of ether oxygens (including phenoxy) is 2. The lowest BCUT2D eigenvalue weighted by atomic mass is 10.1. The van der Waals surface area contributed by atoms with Gasteiger partial charge in [-0.2, -0.15) is 4.80 Å². The van der Waals surface area contributed by atoms with Gasteiger partial charge in [-0.3, -0.25) is 10.1 Å². The lowest BCUT2D eigenvalue weighted by molar-refractivity contribution is -0.386. The minimum absolute atomic E-state index is 0.0141. The molecule has 1 aromatic carbocycles. The number of nitrogens with zero attached hydrogens (tertiary/aromatic N) is 5. The number of aromatic nitrogens is 4. The summed E-state index contributed by atoms with van der Waals surface area (Å²) >= 11 is 0. The molecule has 0 amide bonds. The molecule has 1 aromatic heterocycles. The maximum atomic E-state index is 11.0. The second-order valence-corrected chi connectivity index (χ2v) is 4.03. The van der Waals surface area contributed by atoms with Gasteiger partial charge in [0.25, 0.3) is 5.69 Å². The molecule has 10 nitrogen and oxygen atoms in total. The molecule has 1 heterocycles. The van der Waals surface area contributed by atoms with Crippen molar-refractivity contribution in [3.8, 4) is 11.5 Å². The highest BCUT2D eigenvalue weighted by Crippen LogP contribution is 2.35. The molecule has 0 atom stereocenters. The lowest BCUT2D eigenvalue weighted by Crippen LogP contribution is -2.03. The predicted molar refractivity (Wildman–Crippen MR) is 68.7 cm³/mol. The van der Waals surface area contributed by atoms with Crippen molar-refractivity contribution < 1.29 is 19.5 Å². The van der Waals surface area contributed by atoms with Crippen molar-refractivity contribution in [3.05, 3.63) is 33.6 Å². The number of aliphatic hydroxyl groups is 1. The number of hydrogen-bond acceptors (Lipinski definition) is 8. The average molecular weight is 295 g/mol. The van der Waals surface area contributed by atoms with Gasteiger partial charge in [-0.1, -0.05) is 0 Å². The molecule has 10 heteroatoms. The Morgan fingerprint density at radius 1 is 1.43 bits per heavy atom. The van der Waals surface area contributed by atoms with Crippen LogP contribution in [0.2, 0.25) is 0 Å². The molecule has 112 valence electrons. The minimum atomic E-state index is -0.599. The van der Waals surface area contributed by atoms with Crippen LogP contribution in [0.3, 0.4) is 0 Å². The minimum Gasteiger partial charge on any atom is -0.493 e. The van der Waals surface area contributed by atoms with Crippen LogP contribution < -0.4 is 9.47 Å². The van der Waals surface area contributed by atoms with Crippen LogP contribution in [-0.4, -0.2) is 37.3 Å². The van der Waals surface area contributed by atoms with Crippen LogP contribution in [0.15, 0.2) is 12.1 Å². The molecule has 0 aliphatic carbocycles. The van der Waals surface area contributed by atoms with Gasteiger partial charge in [-0.25, -0.2) is 0 Å². The molecule has 0 radical (unpaired) electrons. The highest BCUT2D eigenvalue weighted by atomic mass is 16.6. The van der Waals surface area contributed by atoms with Gasteiger partial charge in [0, 0.05) is 0 Å². The number of nitro benzene ring substituents is 1. The van der Waals surface area contributed by atoms with Gasteiger partial charge in [-0.05, 0) is 11.3 Å². The van der Waals surface area contributed by atoms with Gasteiger partial charge >= 0.3 is 0 Å². The van der Waals surface area contributed by atoms with Crippen LogP contribution in [0.5, 0.6) is 11.5 Å².